The lowest BCUT2D eigenvalue weighted by atomic mass is 10.1. The molecule has 2 rings (SSSR count). The van der Waals surface area contributed by atoms with Crippen molar-refractivity contribution in [3.8, 4) is 0 Å². The van der Waals surface area contributed by atoms with Crippen molar-refractivity contribution in [3.63, 3.8) is 0 Å². The molecule has 2 aromatic carbocycles. The molecule has 4 nitrogen and oxygen atoms in total. The minimum atomic E-state index is 0.566. The van der Waals surface area contributed by atoms with Crippen LogP contribution in [0.3, 0.4) is 0 Å². The molecule has 0 atom stereocenters. The predicted molar refractivity (Wildman–Crippen MR) is 80.8 cm³/mol. The third kappa shape index (κ3) is 3.98. The van der Waals surface area contributed by atoms with E-state index >= 15 is 0 Å². The second-order valence-corrected chi connectivity index (χ2v) is 4.39. The van der Waals surface area contributed by atoms with Gasteiger partial charge in [-0.2, -0.15) is 0 Å². The van der Waals surface area contributed by atoms with Crippen LogP contribution in [0.25, 0.3) is 0 Å². The molecule has 0 bridgehead atoms. The van der Waals surface area contributed by atoms with Gasteiger partial charge in [0.15, 0.2) is 0 Å². The highest BCUT2D eigenvalue weighted by Crippen LogP contribution is 2.12. The van der Waals surface area contributed by atoms with Crippen LogP contribution in [0.15, 0.2) is 48.5 Å². The molecule has 0 aromatic heterocycles. The second-order valence-electron chi connectivity index (χ2n) is 4.39. The van der Waals surface area contributed by atoms with Gasteiger partial charge in [-0.1, -0.05) is 24.3 Å². The fourth-order valence-corrected chi connectivity index (χ4v) is 1.79. The molecule has 2 aromatic rings. The Labute approximate surface area is 113 Å². The number of anilines is 2. The molecule has 0 aliphatic carbocycles. The Bertz CT molecular complexity index is 491. The maximum atomic E-state index is 5.56. The number of hydrogen-bond acceptors (Lipinski definition) is 4. The van der Waals surface area contributed by atoms with Gasteiger partial charge < -0.3 is 22.3 Å². The van der Waals surface area contributed by atoms with Crippen molar-refractivity contribution in [1.29, 1.82) is 0 Å². The molecule has 6 N–H and O–H groups in total. The molecule has 0 spiro atoms. The molecule has 4 heteroatoms. The molecule has 0 radical (unpaired) electrons. The third-order valence-corrected chi connectivity index (χ3v) is 2.93. The fraction of sp³-hybridized carbons (Fsp3) is 0.200. The Morgan fingerprint density at radius 3 is 1.58 bits per heavy atom. The first-order valence-corrected chi connectivity index (χ1v) is 6.42. The van der Waals surface area contributed by atoms with Crippen molar-refractivity contribution < 1.29 is 0 Å². The van der Waals surface area contributed by atoms with Crippen LogP contribution in [0, 0.1) is 0 Å². The zero-order valence-electron chi connectivity index (χ0n) is 10.9. The average molecular weight is 256 g/mol. The van der Waals surface area contributed by atoms with E-state index in [9.17, 15) is 0 Å². The summed E-state index contributed by atoms with van der Waals surface area (Å²) in [5, 5.41) is 0. The summed E-state index contributed by atoms with van der Waals surface area (Å²) in [6.45, 7) is 1.24. The summed E-state index contributed by atoms with van der Waals surface area (Å²) in [6.07, 6.45) is 0.911. The van der Waals surface area contributed by atoms with Gasteiger partial charge in [0, 0.05) is 6.54 Å². The Morgan fingerprint density at radius 2 is 1.16 bits per heavy atom. The van der Waals surface area contributed by atoms with Crippen molar-refractivity contribution in [1.82, 2.24) is 0 Å². The van der Waals surface area contributed by atoms with Gasteiger partial charge >= 0.3 is 0 Å². The number of hydrogen-bond donors (Lipinski definition) is 4. The zero-order valence-corrected chi connectivity index (χ0v) is 10.9. The van der Waals surface area contributed by atoms with Gasteiger partial charge in [0.2, 0.25) is 0 Å². The van der Waals surface area contributed by atoms with Gasteiger partial charge in [-0.3, -0.25) is 0 Å². The van der Waals surface area contributed by atoms with Crippen molar-refractivity contribution in [2.24, 2.45) is 11.5 Å². The van der Waals surface area contributed by atoms with Gasteiger partial charge in [0.05, 0.1) is 11.4 Å². The topological polar surface area (TPSA) is 76.1 Å². The van der Waals surface area contributed by atoms with Crippen molar-refractivity contribution in [2.45, 2.75) is 13.0 Å². The number of nitrogens with two attached hydrogens (primary N) is 2. The molecule has 19 heavy (non-hydrogen) atoms. The fourth-order valence-electron chi connectivity index (χ4n) is 1.79. The molecule has 0 amide bonds. The molecular formula is C15H20N4. The minimum absolute atomic E-state index is 0.566. The lowest BCUT2D eigenvalue weighted by Crippen LogP contribution is -2.09. The first-order valence-electron chi connectivity index (χ1n) is 6.42. The van der Waals surface area contributed by atoms with Crippen LogP contribution in [-0.4, -0.2) is 6.54 Å². The van der Waals surface area contributed by atoms with Gasteiger partial charge in [-0.05, 0) is 48.4 Å². The first-order chi connectivity index (χ1) is 9.31. The van der Waals surface area contributed by atoms with E-state index in [0.29, 0.717) is 13.1 Å². The Kier molecular flexibility index (Phi) is 4.78. The summed E-state index contributed by atoms with van der Waals surface area (Å²) in [4.78, 5) is 0. The first kappa shape index (κ1) is 13.4. The van der Waals surface area contributed by atoms with Crippen molar-refractivity contribution in [2.75, 3.05) is 17.4 Å². The van der Waals surface area contributed by atoms with E-state index in [1.807, 2.05) is 36.4 Å². The Morgan fingerprint density at radius 1 is 0.684 bits per heavy atom. The zero-order chi connectivity index (χ0) is 13.5. The summed E-state index contributed by atoms with van der Waals surface area (Å²) >= 11 is 0. The number of hydrazine groups is 1. The van der Waals surface area contributed by atoms with E-state index in [-0.39, 0.29) is 0 Å². The van der Waals surface area contributed by atoms with Crippen LogP contribution >= 0.6 is 0 Å². The van der Waals surface area contributed by atoms with E-state index in [4.69, 9.17) is 11.5 Å². The van der Waals surface area contributed by atoms with E-state index in [0.717, 1.165) is 23.4 Å². The highest BCUT2D eigenvalue weighted by molar-refractivity contribution is 5.53. The number of nitrogens with one attached hydrogen (secondary N) is 2. The van der Waals surface area contributed by atoms with E-state index in [1.165, 1.54) is 5.56 Å². The Hall–Kier alpha value is -2.04. The van der Waals surface area contributed by atoms with Gasteiger partial charge in [0.1, 0.15) is 0 Å². The van der Waals surface area contributed by atoms with Crippen molar-refractivity contribution >= 4 is 11.4 Å². The highest BCUT2D eigenvalue weighted by atomic mass is 15.4. The SMILES string of the molecule is NCCc1ccc(NNc2ccc(CN)cc2)cc1. The highest BCUT2D eigenvalue weighted by Gasteiger charge is 1.95. The van der Waals surface area contributed by atoms with Gasteiger partial charge in [0.25, 0.3) is 0 Å². The monoisotopic (exact) mass is 256 g/mol. The molecule has 100 valence electrons. The molecule has 0 aliphatic rings. The molecule has 0 fully saturated rings. The van der Waals surface area contributed by atoms with Crippen LogP contribution in [0.1, 0.15) is 11.1 Å². The molecule has 0 saturated heterocycles. The molecule has 0 heterocycles. The van der Waals surface area contributed by atoms with E-state index < -0.39 is 0 Å². The summed E-state index contributed by atoms with van der Waals surface area (Å²) < 4.78 is 0. The molecule has 0 aliphatic heterocycles. The summed E-state index contributed by atoms with van der Waals surface area (Å²) in [5.74, 6) is 0. The Balaban J connectivity index is 1.90. The quantitative estimate of drug-likeness (QED) is 0.597. The maximum absolute atomic E-state index is 5.56. The number of rotatable bonds is 6. The maximum Gasteiger partial charge on any atom is 0.0540 e. The van der Waals surface area contributed by atoms with E-state index in [2.05, 4.69) is 23.0 Å². The van der Waals surface area contributed by atoms with Gasteiger partial charge in [-0.15, -0.1) is 0 Å². The average Bonchev–Trinajstić information content (AvgIpc) is 2.47. The summed E-state index contributed by atoms with van der Waals surface area (Å²) in [5.41, 5.74) is 21.8. The summed E-state index contributed by atoms with van der Waals surface area (Å²) in [6, 6.07) is 16.2. The van der Waals surface area contributed by atoms with Crippen LogP contribution in [-0.2, 0) is 13.0 Å². The van der Waals surface area contributed by atoms with Crippen molar-refractivity contribution in [3.05, 3.63) is 59.7 Å². The van der Waals surface area contributed by atoms with Crippen LogP contribution in [0.2, 0.25) is 0 Å². The van der Waals surface area contributed by atoms with Crippen LogP contribution in [0.5, 0.6) is 0 Å². The molecule has 0 saturated carbocycles. The van der Waals surface area contributed by atoms with Crippen LogP contribution in [0.4, 0.5) is 11.4 Å². The third-order valence-electron chi connectivity index (χ3n) is 2.93. The standard InChI is InChI=1S/C15H20N4/c16-10-9-12-1-5-14(6-2-12)18-19-15-7-3-13(11-17)4-8-15/h1-8,18-19H,9-11,16-17H2. The molecule has 0 unspecified atom stereocenters. The number of benzene rings is 2. The van der Waals surface area contributed by atoms with Crippen LogP contribution < -0.4 is 22.3 Å². The van der Waals surface area contributed by atoms with Gasteiger partial charge in [-0.25, -0.2) is 0 Å². The normalized spacial score (nSPS) is 10.2. The van der Waals surface area contributed by atoms with E-state index in [1.54, 1.807) is 0 Å². The largest absolute Gasteiger partial charge is 0.330 e. The lowest BCUT2D eigenvalue weighted by Gasteiger charge is -2.10. The summed E-state index contributed by atoms with van der Waals surface area (Å²) in [7, 11) is 0. The minimum Gasteiger partial charge on any atom is -0.330 e. The molecular weight excluding hydrogens is 236 g/mol. The smallest absolute Gasteiger partial charge is 0.0540 e. The second kappa shape index (κ2) is 6.78. The lowest BCUT2D eigenvalue weighted by molar-refractivity contribution is 0.969. The predicted octanol–water partition coefficient (Wildman–Crippen LogP) is 2.09.